The third kappa shape index (κ3) is 5.07. The molecule has 0 spiro atoms. The third-order valence-electron chi connectivity index (χ3n) is 4.58. The molecule has 1 N–H and O–H groups in total. The normalized spacial score (nSPS) is 23.7. The van der Waals surface area contributed by atoms with Gasteiger partial charge in [0.25, 0.3) is 0 Å². The summed E-state index contributed by atoms with van der Waals surface area (Å²) in [5, 5.41) is 3.63. The van der Waals surface area contributed by atoms with E-state index in [0.717, 1.165) is 23.9 Å². The summed E-state index contributed by atoms with van der Waals surface area (Å²) in [4.78, 5) is 2.83. The lowest BCUT2D eigenvalue weighted by atomic mass is 9.77. The molecule has 0 radical (unpaired) electrons. The summed E-state index contributed by atoms with van der Waals surface area (Å²) in [7, 11) is 0. The molecule has 1 saturated carbocycles. The van der Waals surface area contributed by atoms with Crippen LogP contribution in [0.3, 0.4) is 0 Å². The summed E-state index contributed by atoms with van der Waals surface area (Å²) in [5.74, 6) is 1.65. The fourth-order valence-electron chi connectivity index (χ4n) is 3.35. The molecule has 2 unspecified atom stereocenters. The van der Waals surface area contributed by atoms with Crippen molar-refractivity contribution in [2.45, 2.75) is 85.4 Å². The van der Waals surface area contributed by atoms with E-state index in [9.17, 15) is 0 Å². The molecule has 0 saturated heterocycles. The molecule has 114 valence electrons. The smallest absolute Gasteiger partial charge is 0.0139 e. The zero-order valence-corrected chi connectivity index (χ0v) is 14.1. The van der Waals surface area contributed by atoms with Crippen molar-refractivity contribution < 1.29 is 0 Å². The van der Waals surface area contributed by atoms with Gasteiger partial charge in [-0.3, -0.25) is 4.90 Å². The van der Waals surface area contributed by atoms with Crippen LogP contribution in [0.15, 0.2) is 0 Å². The highest BCUT2D eigenvalue weighted by Gasteiger charge is 2.37. The van der Waals surface area contributed by atoms with Gasteiger partial charge in [-0.2, -0.15) is 0 Å². The predicted molar refractivity (Wildman–Crippen MR) is 85.6 cm³/mol. The first-order valence-electron chi connectivity index (χ1n) is 8.48. The molecule has 0 heterocycles. The summed E-state index contributed by atoms with van der Waals surface area (Å²) < 4.78 is 0. The second-order valence-electron chi connectivity index (χ2n) is 7.03. The van der Waals surface area contributed by atoms with Crippen molar-refractivity contribution in [2.75, 3.05) is 13.1 Å². The first-order valence-corrected chi connectivity index (χ1v) is 8.48. The van der Waals surface area contributed by atoms with E-state index in [-0.39, 0.29) is 0 Å². The molecule has 1 fully saturated rings. The number of hydrogen-bond acceptors (Lipinski definition) is 2. The maximum Gasteiger partial charge on any atom is 0.0139 e. The van der Waals surface area contributed by atoms with Crippen molar-refractivity contribution in [2.24, 2.45) is 11.8 Å². The van der Waals surface area contributed by atoms with Crippen molar-refractivity contribution in [1.29, 1.82) is 0 Å². The van der Waals surface area contributed by atoms with Gasteiger partial charge in [-0.25, -0.2) is 0 Å². The van der Waals surface area contributed by atoms with Gasteiger partial charge < -0.3 is 5.32 Å². The zero-order valence-electron chi connectivity index (χ0n) is 14.1. The average molecular weight is 268 g/mol. The molecular formula is C17H36N2. The van der Waals surface area contributed by atoms with Crippen LogP contribution in [-0.4, -0.2) is 36.1 Å². The molecule has 19 heavy (non-hydrogen) atoms. The molecule has 1 aliphatic carbocycles. The molecule has 0 aromatic carbocycles. The van der Waals surface area contributed by atoms with Gasteiger partial charge in [-0.05, 0) is 44.1 Å². The minimum atomic E-state index is 0.618. The van der Waals surface area contributed by atoms with E-state index < -0.39 is 0 Å². The molecule has 1 aliphatic rings. The zero-order chi connectivity index (χ0) is 14.4. The van der Waals surface area contributed by atoms with Gasteiger partial charge in [-0.1, -0.05) is 41.5 Å². The fourth-order valence-corrected chi connectivity index (χ4v) is 3.35. The first kappa shape index (κ1) is 17.0. The SMILES string of the molecule is CCC(CC)N(CC(C)C)C1CCC1CNC(C)C. The van der Waals surface area contributed by atoms with Crippen LogP contribution in [0.4, 0.5) is 0 Å². The van der Waals surface area contributed by atoms with Crippen molar-refractivity contribution in [1.82, 2.24) is 10.2 Å². The highest BCUT2D eigenvalue weighted by Crippen LogP contribution is 2.34. The summed E-state index contributed by atoms with van der Waals surface area (Å²) in [6.45, 7) is 16.4. The standard InChI is InChI=1S/C17H36N2/c1-7-16(8-2)19(12-13(3)4)17-10-9-15(17)11-18-14(5)6/h13-18H,7-12H2,1-6H3. The van der Waals surface area contributed by atoms with Gasteiger partial charge >= 0.3 is 0 Å². The summed E-state index contributed by atoms with van der Waals surface area (Å²) >= 11 is 0. The molecule has 1 rings (SSSR count). The average Bonchev–Trinajstić information content (AvgIpc) is 2.28. The Hall–Kier alpha value is -0.0800. The van der Waals surface area contributed by atoms with Crippen LogP contribution >= 0.6 is 0 Å². The summed E-state index contributed by atoms with van der Waals surface area (Å²) in [5.41, 5.74) is 0. The molecule has 2 atom stereocenters. The molecule has 0 aromatic rings. The van der Waals surface area contributed by atoms with Gasteiger partial charge in [0.2, 0.25) is 0 Å². The van der Waals surface area contributed by atoms with Crippen LogP contribution in [0, 0.1) is 11.8 Å². The first-order chi connectivity index (χ1) is 8.99. The van der Waals surface area contributed by atoms with E-state index in [0.29, 0.717) is 6.04 Å². The van der Waals surface area contributed by atoms with Crippen LogP contribution < -0.4 is 5.32 Å². The fraction of sp³-hybridized carbons (Fsp3) is 1.00. The minimum absolute atomic E-state index is 0.618. The Labute approximate surface area is 121 Å². The number of nitrogens with one attached hydrogen (secondary N) is 1. The van der Waals surface area contributed by atoms with E-state index in [1.807, 2.05) is 0 Å². The Kier molecular flexibility index (Phi) is 7.38. The van der Waals surface area contributed by atoms with E-state index >= 15 is 0 Å². The van der Waals surface area contributed by atoms with E-state index in [1.54, 1.807) is 0 Å². The molecular weight excluding hydrogens is 232 g/mol. The Balaban J connectivity index is 2.58. The van der Waals surface area contributed by atoms with Crippen LogP contribution in [-0.2, 0) is 0 Å². The Morgan fingerprint density at radius 2 is 1.68 bits per heavy atom. The van der Waals surface area contributed by atoms with Crippen LogP contribution in [0.25, 0.3) is 0 Å². The second kappa shape index (κ2) is 8.26. The van der Waals surface area contributed by atoms with Crippen molar-refractivity contribution in [3.05, 3.63) is 0 Å². The van der Waals surface area contributed by atoms with Crippen molar-refractivity contribution in [3.8, 4) is 0 Å². The van der Waals surface area contributed by atoms with Gasteiger partial charge in [0, 0.05) is 24.7 Å². The van der Waals surface area contributed by atoms with Gasteiger partial charge in [0.15, 0.2) is 0 Å². The molecule has 0 aromatic heterocycles. The van der Waals surface area contributed by atoms with Crippen molar-refractivity contribution >= 4 is 0 Å². The van der Waals surface area contributed by atoms with Crippen LogP contribution in [0.1, 0.15) is 67.2 Å². The second-order valence-corrected chi connectivity index (χ2v) is 7.03. The minimum Gasteiger partial charge on any atom is -0.314 e. The number of hydrogen-bond donors (Lipinski definition) is 1. The van der Waals surface area contributed by atoms with Crippen molar-refractivity contribution in [3.63, 3.8) is 0 Å². The molecule has 2 nitrogen and oxygen atoms in total. The van der Waals surface area contributed by atoms with Crippen LogP contribution in [0.5, 0.6) is 0 Å². The summed E-state index contributed by atoms with van der Waals surface area (Å²) in [6.07, 6.45) is 5.42. The topological polar surface area (TPSA) is 15.3 Å². The van der Waals surface area contributed by atoms with E-state index in [2.05, 4.69) is 51.8 Å². The van der Waals surface area contributed by atoms with Gasteiger partial charge in [0.05, 0.1) is 0 Å². The number of rotatable bonds is 9. The monoisotopic (exact) mass is 268 g/mol. The molecule has 2 heteroatoms. The Bertz CT molecular complexity index is 233. The van der Waals surface area contributed by atoms with Gasteiger partial charge in [0.1, 0.15) is 0 Å². The van der Waals surface area contributed by atoms with E-state index in [1.165, 1.54) is 38.8 Å². The lowest BCUT2D eigenvalue weighted by Gasteiger charge is -2.48. The Morgan fingerprint density at radius 1 is 1.05 bits per heavy atom. The number of nitrogens with zero attached hydrogens (tertiary/aromatic N) is 1. The summed E-state index contributed by atoms with van der Waals surface area (Å²) in [6, 6.07) is 2.24. The predicted octanol–water partition coefficient (Wildman–Crippen LogP) is 3.91. The third-order valence-corrected chi connectivity index (χ3v) is 4.58. The van der Waals surface area contributed by atoms with E-state index in [4.69, 9.17) is 0 Å². The molecule has 0 amide bonds. The largest absolute Gasteiger partial charge is 0.314 e. The quantitative estimate of drug-likeness (QED) is 0.682. The Morgan fingerprint density at radius 3 is 2.05 bits per heavy atom. The highest BCUT2D eigenvalue weighted by atomic mass is 15.2. The lowest BCUT2D eigenvalue weighted by molar-refractivity contribution is 0.0147. The molecule has 0 bridgehead atoms. The maximum atomic E-state index is 3.63. The lowest BCUT2D eigenvalue weighted by Crippen LogP contribution is -2.55. The van der Waals surface area contributed by atoms with Crippen LogP contribution in [0.2, 0.25) is 0 Å². The maximum absolute atomic E-state index is 3.63. The molecule has 0 aliphatic heterocycles. The van der Waals surface area contributed by atoms with Gasteiger partial charge in [-0.15, -0.1) is 0 Å². The highest BCUT2D eigenvalue weighted by molar-refractivity contribution is 4.92.